The molecule has 0 bridgehead atoms. The van der Waals surface area contributed by atoms with Crippen LogP contribution < -0.4 is 0 Å². The second-order valence-corrected chi connectivity index (χ2v) is 7.18. The van der Waals surface area contributed by atoms with Gasteiger partial charge in [-0.15, -0.1) is 0 Å². The molecule has 0 saturated carbocycles. The van der Waals surface area contributed by atoms with Gasteiger partial charge in [-0.2, -0.15) is 0 Å². The molecule has 8 heteroatoms. The average molecular weight is 382 g/mol. The highest BCUT2D eigenvalue weighted by molar-refractivity contribution is 6.22. The van der Waals surface area contributed by atoms with Gasteiger partial charge in [0, 0.05) is 38.8 Å². The number of aryl methyl sites for hydroxylation is 1. The number of hydrogen-bond acceptors (Lipinski definition) is 6. The number of carbonyl (C=O) groups excluding carboxylic acids is 3. The van der Waals surface area contributed by atoms with Gasteiger partial charge in [-0.25, -0.2) is 0 Å². The standard InChI is InChI=1S/C20H22N4O4/c1-14-11-15(21-28-14)12-22-7-4-8-23(10-9-22)18(25)13-24-19(26)16-5-2-3-6-17(16)20(24)27/h2-3,5-6,11H,4,7-10,12-13H2,1H3. The largest absolute Gasteiger partial charge is 0.361 e. The van der Waals surface area contributed by atoms with Gasteiger partial charge in [0.2, 0.25) is 5.91 Å². The average Bonchev–Trinajstić information content (AvgIpc) is 3.08. The van der Waals surface area contributed by atoms with E-state index < -0.39 is 11.8 Å². The monoisotopic (exact) mass is 382 g/mol. The Morgan fingerprint density at radius 2 is 1.79 bits per heavy atom. The summed E-state index contributed by atoms with van der Waals surface area (Å²) >= 11 is 0. The number of carbonyl (C=O) groups is 3. The lowest BCUT2D eigenvalue weighted by molar-refractivity contribution is -0.131. The zero-order chi connectivity index (χ0) is 19.7. The van der Waals surface area contributed by atoms with Gasteiger partial charge in [-0.05, 0) is 25.5 Å². The molecule has 146 valence electrons. The van der Waals surface area contributed by atoms with Gasteiger partial charge in [0.05, 0.1) is 16.8 Å². The number of benzene rings is 1. The van der Waals surface area contributed by atoms with Crippen LogP contribution in [0.25, 0.3) is 0 Å². The molecule has 8 nitrogen and oxygen atoms in total. The maximum atomic E-state index is 12.8. The molecule has 0 unspecified atom stereocenters. The molecule has 28 heavy (non-hydrogen) atoms. The van der Waals surface area contributed by atoms with Gasteiger partial charge in [-0.1, -0.05) is 17.3 Å². The molecule has 1 saturated heterocycles. The Morgan fingerprint density at radius 1 is 1.07 bits per heavy atom. The molecular weight excluding hydrogens is 360 g/mol. The predicted octanol–water partition coefficient (Wildman–Crippen LogP) is 1.31. The van der Waals surface area contributed by atoms with Crippen molar-refractivity contribution in [2.75, 3.05) is 32.7 Å². The van der Waals surface area contributed by atoms with E-state index in [0.29, 0.717) is 37.3 Å². The highest BCUT2D eigenvalue weighted by Gasteiger charge is 2.37. The summed E-state index contributed by atoms with van der Waals surface area (Å²) in [6.45, 7) is 5.04. The lowest BCUT2D eigenvalue weighted by Gasteiger charge is -2.23. The first-order chi connectivity index (χ1) is 13.5. The van der Waals surface area contributed by atoms with E-state index in [2.05, 4.69) is 10.1 Å². The van der Waals surface area contributed by atoms with E-state index in [1.165, 1.54) is 0 Å². The van der Waals surface area contributed by atoms with Crippen molar-refractivity contribution >= 4 is 17.7 Å². The van der Waals surface area contributed by atoms with E-state index in [9.17, 15) is 14.4 Å². The van der Waals surface area contributed by atoms with Crippen molar-refractivity contribution in [3.8, 4) is 0 Å². The van der Waals surface area contributed by atoms with Crippen molar-refractivity contribution in [1.29, 1.82) is 0 Å². The van der Waals surface area contributed by atoms with Crippen LogP contribution in [0.3, 0.4) is 0 Å². The molecule has 4 rings (SSSR count). The van der Waals surface area contributed by atoms with Crippen molar-refractivity contribution in [2.45, 2.75) is 19.9 Å². The fourth-order valence-corrected chi connectivity index (χ4v) is 3.72. The van der Waals surface area contributed by atoms with Crippen LogP contribution in [-0.2, 0) is 11.3 Å². The van der Waals surface area contributed by atoms with Gasteiger partial charge >= 0.3 is 0 Å². The minimum atomic E-state index is -0.396. The molecule has 2 aliphatic heterocycles. The van der Waals surface area contributed by atoms with Gasteiger partial charge in [0.25, 0.3) is 11.8 Å². The summed E-state index contributed by atoms with van der Waals surface area (Å²) in [5, 5.41) is 4.02. The third-order valence-electron chi connectivity index (χ3n) is 5.18. The van der Waals surface area contributed by atoms with Crippen molar-refractivity contribution < 1.29 is 18.9 Å². The number of nitrogens with zero attached hydrogens (tertiary/aromatic N) is 4. The van der Waals surface area contributed by atoms with Crippen LogP contribution in [0.4, 0.5) is 0 Å². The van der Waals surface area contributed by atoms with E-state index in [1.807, 2.05) is 13.0 Å². The minimum absolute atomic E-state index is 0.200. The third kappa shape index (κ3) is 3.55. The van der Waals surface area contributed by atoms with E-state index >= 15 is 0 Å². The topological polar surface area (TPSA) is 87.0 Å². The van der Waals surface area contributed by atoms with E-state index in [4.69, 9.17) is 4.52 Å². The second-order valence-electron chi connectivity index (χ2n) is 7.18. The van der Waals surface area contributed by atoms with Crippen LogP contribution in [0.5, 0.6) is 0 Å². The van der Waals surface area contributed by atoms with Crippen LogP contribution in [0, 0.1) is 6.92 Å². The van der Waals surface area contributed by atoms with E-state index in [-0.39, 0.29) is 12.5 Å². The first-order valence-electron chi connectivity index (χ1n) is 9.40. The summed E-state index contributed by atoms with van der Waals surface area (Å²) in [5.41, 5.74) is 1.61. The van der Waals surface area contributed by atoms with Crippen LogP contribution in [0.1, 0.15) is 38.6 Å². The molecule has 1 aromatic heterocycles. The SMILES string of the molecule is Cc1cc(CN2CCCN(C(=O)CN3C(=O)c4ccccc4C3=O)CC2)no1. The van der Waals surface area contributed by atoms with Gasteiger partial charge in [-0.3, -0.25) is 24.2 Å². The number of rotatable bonds is 4. The Labute approximate surface area is 162 Å². The Balaban J connectivity index is 1.35. The number of hydrogen-bond donors (Lipinski definition) is 0. The van der Waals surface area contributed by atoms with Crippen LogP contribution in [0.2, 0.25) is 0 Å². The number of amides is 3. The molecule has 3 amide bonds. The molecule has 0 spiro atoms. The number of fused-ring (bicyclic) bond motifs is 1. The summed E-state index contributed by atoms with van der Waals surface area (Å²) < 4.78 is 5.11. The van der Waals surface area contributed by atoms with E-state index in [1.54, 1.807) is 29.2 Å². The minimum Gasteiger partial charge on any atom is -0.361 e. The van der Waals surface area contributed by atoms with Crippen LogP contribution in [-0.4, -0.2) is 70.3 Å². The highest BCUT2D eigenvalue weighted by Crippen LogP contribution is 2.22. The Morgan fingerprint density at radius 3 is 2.43 bits per heavy atom. The Hall–Kier alpha value is -3.00. The summed E-state index contributed by atoms with van der Waals surface area (Å²) in [6.07, 6.45) is 0.824. The molecule has 1 aromatic carbocycles. The van der Waals surface area contributed by atoms with Gasteiger partial charge in [0.1, 0.15) is 12.3 Å². The quantitative estimate of drug-likeness (QED) is 0.741. The zero-order valence-electron chi connectivity index (χ0n) is 15.8. The molecule has 0 radical (unpaired) electrons. The summed E-state index contributed by atoms with van der Waals surface area (Å²) in [6, 6.07) is 8.59. The van der Waals surface area contributed by atoms with Crippen molar-refractivity contribution in [3.63, 3.8) is 0 Å². The lowest BCUT2D eigenvalue weighted by atomic mass is 10.1. The van der Waals surface area contributed by atoms with Crippen molar-refractivity contribution in [2.24, 2.45) is 0 Å². The summed E-state index contributed by atoms with van der Waals surface area (Å²) in [4.78, 5) is 42.7. The molecular formula is C20H22N4O4. The van der Waals surface area contributed by atoms with Gasteiger partial charge in [0.15, 0.2) is 0 Å². The molecule has 2 aliphatic rings. The Kier molecular flexibility index (Phi) is 4.95. The summed E-state index contributed by atoms with van der Waals surface area (Å²) in [7, 11) is 0. The van der Waals surface area contributed by atoms with E-state index in [0.717, 1.165) is 29.3 Å². The third-order valence-corrected chi connectivity index (χ3v) is 5.18. The van der Waals surface area contributed by atoms with Crippen molar-refractivity contribution in [1.82, 2.24) is 19.9 Å². The number of imide groups is 1. The summed E-state index contributed by atoms with van der Waals surface area (Å²) in [5.74, 6) is -0.213. The molecule has 2 aromatic rings. The van der Waals surface area contributed by atoms with Crippen LogP contribution >= 0.6 is 0 Å². The lowest BCUT2D eigenvalue weighted by Crippen LogP contribution is -2.44. The fourth-order valence-electron chi connectivity index (χ4n) is 3.72. The molecule has 0 aliphatic carbocycles. The smallest absolute Gasteiger partial charge is 0.262 e. The van der Waals surface area contributed by atoms with Crippen molar-refractivity contribution in [3.05, 3.63) is 52.9 Å². The number of aromatic nitrogens is 1. The Bertz CT molecular complexity index is 887. The molecule has 3 heterocycles. The molecule has 0 atom stereocenters. The van der Waals surface area contributed by atoms with Crippen LogP contribution in [0.15, 0.2) is 34.9 Å². The first kappa shape index (κ1) is 18.4. The normalized spacial score (nSPS) is 17.8. The van der Waals surface area contributed by atoms with Gasteiger partial charge < -0.3 is 9.42 Å². The second kappa shape index (κ2) is 7.55. The molecule has 0 N–H and O–H groups in total. The maximum absolute atomic E-state index is 12.8. The molecule has 1 fully saturated rings. The zero-order valence-corrected chi connectivity index (χ0v) is 15.8. The predicted molar refractivity (Wildman–Crippen MR) is 99.5 cm³/mol. The fraction of sp³-hybridized carbons (Fsp3) is 0.400. The first-order valence-corrected chi connectivity index (χ1v) is 9.40. The maximum Gasteiger partial charge on any atom is 0.262 e. The highest BCUT2D eigenvalue weighted by atomic mass is 16.5.